The molecule has 3 nitrogen and oxygen atoms in total. The summed E-state index contributed by atoms with van der Waals surface area (Å²) in [4.78, 5) is 16.2. The first-order valence-corrected chi connectivity index (χ1v) is 7.04. The van der Waals surface area contributed by atoms with Gasteiger partial charge < -0.3 is 4.74 Å². The molecule has 0 saturated heterocycles. The molecule has 2 unspecified atom stereocenters. The summed E-state index contributed by atoms with van der Waals surface area (Å²) in [5.74, 6) is -0.262. The highest BCUT2D eigenvalue weighted by Gasteiger charge is 2.29. The number of hydrogen-bond acceptors (Lipinski definition) is 3. The molecule has 0 saturated carbocycles. The van der Waals surface area contributed by atoms with Crippen LogP contribution in [0.1, 0.15) is 41.5 Å². The Morgan fingerprint density at radius 1 is 1.35 bits per heavy atom. The molecule has 4 heteroatoms. The Kier molecular flexibility index (Phi) is 6.98. The largest absolute Gasteiger partial charge is 0.459 e. The molecule has 0 aromatic rings. The Morgan fingerprint density at radius 3 is 2.24 bits per heavy atom. The molecule has 100 valence electrons. The maximum absolute atomic E-state index is 11.9. The van der Waals surface area contributed by atoms with Crippen molar-refractivity contribution in [3.63, 3.8) is 0 Å². The minimum Gasteiger partial charge on any atom is -0.459 e. The third-order valence-electron chi connectivity index (χ3n) is 2.72. The maximum Gasteiger partial charge on any atom is 0.309 e. The molecule has 0 aromatic carbocycles. The van der Waals surface area contributed by atoms with Crippen LogP contribution in [0.4, 0.5) is 0 Å². The normalized spacial score (nSPS) is 15.0. The van der Waals surface area contributed by atoms with Crippen LogP contribution < -0.4 is 0 Å². The molecule has 0 aliphatic rings. The second-order valence-corrected chi connectivity index (χ2v) is 6.24. The molecule has 2 atom stereocenters. The Bertz CT molecular complexity index is 278. The van der Waals surface area contributed by atoms with E-state index in [2.05, 4.69) is 20.9 Å². The molecule has 0 rings (SSSR count). The van der Waals surface area contributed by atoms with Crippen LogP contribution in [0.15, 0.2) is 4.99 Å². The zero-order valence-electron chi connectivity index (χ0n) is 11.7. The van der Waals surface area contributed by atoms with E-state index in [0.717, 1.165) is 5.71 Å². The van der Waals surface area contributed by atoms with Crippen LogP contribution in [0.5, 0.6) is 0 Å². The van der Waals surface area contributed by atoms with Gasteiger partial charge in [-0.2, -0.15) is 0 Å². The number of carbonyl (C=O) groups is 1. The number of esters is 1. The van der Waals surface area contributed by atoms with Gasteiger partial charge in [-0.15, -0.1) is 0 Å². The zero-order valence-corrected chi connectivity index (χ0v) is 13.3. The molecule has 17 heavy (non-hydrogen) atoms. The Labute approximate surface area is 113 Å². The van der Waals surface area contributed by atoms with E-state index in [1.807, 2.05) is 41.5 Å². The molecular weight excluding hydrogens is 282 g/mol. The Morgan fingerprint density at radius 2 is 1.88 bits per heavy atom. The SMILES string of the molecule is CC(C)=NCC(CBr)OC(=O)C(C)C(C)(C)C. The third kappa shape index (κ3) is 6.81. The highest BCUT2D eigenvalue weighted by Crippen LogP contribution is 2.26. The van der Waals surface area contributed by atoms with Gasteiger partial charge in [0.2, 0.25) is 0 Å². The minimum absolute atomic E-state index is 0.0715. The van der Waals surface area contributed by atoms with E-state index in [1.54, 1.807) is 0 Å². The van der Waals surface area contributed by atoms with Gasteiger partial charge in [-0.25, -0.2) is 0 Å². The topological polar surface area (TPSA) is 38.7 Å². The molecule has 0 spiro atoms. The standard InChI is InChI=1S/C13H24BrNO2/c1-9(2)15-8-11(7-14)17-12(16)10(3)13(4,5)6/h10-11H,7-8H2,1-6H3. The van der Waals surface area contributed by atoms with Crippen molar-refractivity contribution < 1.29 is 9.53 Å². The van der Waals surface area contributed by atoms with Crippen molar-refractivity contribution in [3.05, 3.63) is 0 Å². The Balaban J connectivity index is 4.39. The summed E-state index contributed by atoms with van der Waals surface area (Å²) in [6.07, 6.45) is -0.179. The number of aliphatic imine (C=N–C) groups is 1. The number of alkyl halides is 1. The van der Waals surface area contributed by atoms with Crippen molar-refractivity contribution in [2.75, 3.05) is 11.9 Å². The van der Waals surface area contributed by atoms with Gasteiger partial charge >= 0.3 is 5.97 Å². The lowest BCUT2D eigenvalue weighted by Gasteiger charge is -2.27. The predicted molar refractivity (Wildman–Crippen MR) is 75.9 cm³/mol. The number of rotatable bonds is 5. The highest BCUT2D eigenvalue weighted by molar-refractivity contribution is 9.09. The van der Waals surface area contributed by atoms with Crippen molar-refractivity contribution in [2.45, 2.75) is 47.6 Å². The fourth-order valence-corrected chi connectivity index (χ4v) is 1.36. The van der Waals surface area contributed by atoms with E-state index in [4.69, 9.17) is 4.74 Å². The van der Waals surface area contributed by atoms with E-state index in [-0.39, 0.29) is 23.4 Å². The van der Waals surface area contributed by atoms with E-state index in [1.165, 1.54) is 0 Å². The molecule has 0 amide bonds. The van der Waals surface area contributed by atoms with Gasteiger partial charge in [-0.3, -0.25) is 9.79 Å². The second kappa shape index (κ2) is 7.14. The second-order valence-electron chi connectivity index (χ2n) is 5.59. The molecule has 0 fully saturated rings. The average Bonchev–Trinajstić information content (AvgIpc) is 2.21. The average molecular weight is 306 g/mol. The van der Waals surface area contributed by atoms with Crippen molar-refractivity contribution in [1.29, 1.82) is 0 Å². The van der Waals surface area contributed by atoms with Crippen molar-refractivity contribution in [3.8, 4) is 0 Å². The molecular formula is C13H24BrNO2. The summed E-state index contributed by atoms with van der Waals surface area (Å²) < 4.78 is 5.45. The zero-order chi connectivity index (χ0) is 13.6. The van der Waals surface area contributed by atoms with Crippen LogP contribution in [0.2, 0.25) is 0 Å². The summed E-state index contributed by atoms with van der Waals surface area (Å²) in [6, 6.07) is 0. The minimum atomic E-state index is -0.179. The van der Waals surface area contributed by atoms with Crippen molar-refractivity contribution in [2.24, 2.45) is 16.3 Å². The van der Waals surface area contributed by atoms with Crippen LogP contribution in [-0.2, 0) is 9.53 Å². The molecule has 0 N–H and O–H groups in total. The van der Waals surface area contributed by atoms with Crippen molar-refractivity contribution in [1.82, 2.24) is 0 Å². The van der Waals surface area contributed by atoms with E-state index in [9.17, 15) is 4.79 Å². The number of carbonyl (C=O) groups excluding carboxylic acids is 1. The summed E-state index contributed by atoms with van der Waals surface area (Å²) >= 11 is 3.35. The van der Waals surface area contributed by atoms with E-state index >= 15 is 0 Å². The van der Waals surface area contributed by atoms with Crippen molar-refractivity contribution >= 4 is 27.6 Å². The monoisotopic (exact) mass is 305 g/mol. The summed E-state index contributed by atoms with van der Waals surface area (Å²) in [5, 5.41) is 0.617. The van der Waals surface area contributed by atoms with Crippen LogP contribution in [0.25, 0.3) is 0 Å². The molecule has 0 bridgehead atoms. The summed E-state index contributed by atoms with van der Waals surface area (Å²) in [5.41, 5.74) is 0.925. The van der Waals surface area contributed by atoms with Gasteiger partial charge in [-0.1, -0.05) is 43.6 Å². The first-order valence-electron chi connectivity index (χ1n) is 5.92. The van der Waals surface area contributed by atoms with Gasteiger partial charge in [0.1, 0.15) is 6.10 Å². The molecule has 0 radical (unpaired) electrons. The fourth-order valence-electron chi connectivity index (χ4n) is 1.02. The first kappa shape index (κ1) is 16.6. The third-order valence-corrected chi connectivity index (χ3v) is 3.44. The number of nitrogens with zero attached hydrogens (tertiary/aromatic N) is 1. The van der Waals surface area contributed by atoms with Gasteiger partial charge in [-0.05, 0) is 19.3 Å². The molecule has 0 aromatic heterocycles. The van der Waals surface area contributed by atoms with Crippen LogP contribution in [0, 0.1) is 11.3 Å². The maximum atomic E-state index is 11.9. The summed E-state index contributed by atoms with van der Waals surface area (Å²) in [6.45, 7) is 12.4. The van der Waals surface area contributed by atoms with Gasteiger partial charge in [0, 0.05) is 11.0 Å². The lowest BCUT2D eigenvalue weighted by atomic mass is 9.82. The molecule has 0 aliphatic carbocycles. The van der Waals surface area contributed by atoms with Crippen LogP contribution >= 0.6 is 15.9 Å². The van der Waals surface area contributed by atoms with E-state index < -0.39 is 0 Å². The number of halogens is 1. The van der Waals surface area contributed by atoms with E-state index in [0.29, 0.717) is 11.9 Å². The fraction of sp³-hybridized carbons (Fsp3) is 0.846. The quantitative estimate of drug-likeness (QED) is 0.443. The number of hydrogen-bond donors (Lipinski definition) is 0. The van der Waals surface area contributed by atoms with Gasteiger partial charge in [0.25, 0.3) is 0 Å². The van der Waals surface area contributed by atoms with Gasteiger partial charge in [0.05, 0.1) is 12.5 Å². The highest BCUT2D eigenvalue weighted by atomic mass is 79.9. The lowest BCUT2D eigenvalue weighted by molar-refractivity contribution is -0.155. The lowest BCUT2D eigenvalue weighted by Crippen LogP contribution is -2.32. The van der Waals surface area contributed by atoms with Crippen LogP contribution in [-0.4, -0.2) is 29.7 Å². The van der Waals surface area contributed by atoms with Crippen LogP contribution in [0.3, 0.4) is 0 Å². The predicted octanol–water partition coefficient (Wildman–Crippen LogP) is 3.46. The van der Waals surface area contributed by atoms with Gasteiger partial charge in [0.15, 0.2) is 0 Å². The molecule has 0 aliphatic heterocycles. The first-order chi connectivity index (χ1) is 7.68. The molecule has 0 heterocycles. The smallest absolute Gasteiger partial charge is 0.309 e. The number of ether oxygens (including phenoxy) is 1. The summed E-state index contributed by atoms with van der Waals surface area (Å²) in [7, 11) is 0. The Hall–Kier alpha value is -0.380.